The predicted molar refractivity (Wildman–Crippen MR) is 148 cm³/mol. The number of nitrogens with one attached hydrogen (secondary N) is 1. The summed E-state index contributed by atoms with van der Waals surface area (Å²) in [7, 11) is 1.55. The molecular weight excluding hydrogens is 503 g/mol. The number of aromatic nitrogens is 2. The van der Waals surface area contributed by atoms with Crippen LogP contribution in [0.5, 0.6) is 5.75 Å². The summed E-state index contributed by atoms with van der Waals surface area (Å²) in [5.74, 6) is 0.696. The Morgan fingerprint density at radius 2 is 1.77 bits per heavy atom. The molecule has 2 N–H and O–H groups in total. The van der Waals surface area contributed by atoms with Crippen LogP contribution in [0.2, 0.25) is 0 Å². The van der Waals surface area contributed by atoms with E-state index in [0.717, 1.165) is 27.7 Å². The molecule has 0 radical (unpaired) electrons. The fourth-order valence-corrected chi connectivity index (χ4v) is 5.99. The van der Waals surface area contributed by atoms with Crippen LogP contribution >= 0.6 is 0 Å². The quantitative estimate of drug-likeness (QED) is 0.275. The van der Waals surface area contributed by atoms with E-state index in [1.807, 2.05) is 57.2 Å². The van der Waals surface area contributed by atoms with E-state index in [1.165, 1.54) is 0 Å². The van der Waals surface area contributed by atoms with Crippen molar-refractivity contribution < 1.29 is 23.0 Å². The lowest BCUT2D eigenvalue weighted by atomic mass is 9.62. The Labute approximate surface area is 226 Å². The minimum Gasteiger partial charge on any atom is -0.496 e. The molecule has 39 heavy (non-hydrogen) atoms. The third-order valence-corrected chi connectivity index (χ3v) is 7.87. The van der Waals surface area contributed by atoms with Gasteiger partial charge in [0.1, 0.15) is 5.75 Å². The van der Waals surface area contributed by atoms with Crippen LogP contribution < -0.4 is 10.1 Å². The molecule has 0 spiro atoms. The summed E-state index contributed by atoms with van der Waals surface area (Å²) in [5.41, 5.74) is 1.29. The van der Waals surface area contributed by atoms with Gasteiger partial charge >= 0.3 is 6.18 Å². The van der Waals surface area contributed by atoms with E-state index >= 15 is 0 Å². The Bertz CT molecular complexity index is 1520. The number of benzene rings is 3. The Morgan fingerprint density at radius 3 is 2.38 bits per heavy atom. The monoisotopic (exact) mass is 537 g/mol. The number of rotatable bonds is 5. The first-order chi connectivity index (χ1) is 18.3. The van der Waals surface area contributed by atoms with Gasteiger partial charge in [-0.25, -0.2) is 4.68 Å². The van der Waals surface area contributed by atoms with Crippen LogP contribution in [0.25, 0.3) is 16.6 Å². The summed E-state index contributed by atoms with van der Waals surface area (Å²) < 4.78 is 51.5. The first-order valence-electron chi connectivity index (χ1n) is 13.1. The van der Waals surface area contributed by atoms with Crippen molar-refractivity contribution in [3.63, 3.8) is 0 Å². The second-order valence-corrected chi connectivity index (χ2v) is 11.5. The molecule has 2 atom stereocenters. The number of ether oxygens (including phenoxy) is 1. The second kappa shape index (κ2) is 9.30. The van der Waals surface area contributed by atoms with Gasteiger partial charge in [0.15, 0.2) is 5.60 Å². The molecule has 1 aliphatic carbocycles. The molecule has 3 aromatic carbocycles. The van der Waals surface area contributed by atoms with Crippen LogP contribution in [-0.4, -0.2) is 33.8 Å². The summed E-state index contributed by atoms with van der Waals surface area (Å²) >= 11 is 0. The smallest absolute Gasteiger partial charge is 0.419 e. The number of methoxy groups -OCH3 is 1. The van der Waals surface area contributed by atoms with Crippen molar-refractivity contribution in [3.8, 4) is 11.4 Å². The number of nitrogens with zero attached hydrogens (tertiary/aromatic N) is 2. The summed E-state index contributed by atoms with van der Waals surface area (Å²) in [6, 6.07) is 15.3. The number of halogens is 3. The van der Waals surface area contributed by atoms with Gasteiger partial charge in [0.05, 0.1) is 30.6 Å². The topological polar surface area (TPSA) is 59.3 Å². The van der Waals surface area contributed by atoms with Gasteiger partial charge in [0, 0.05) is 16.6 Å². The predicted octanol–water partition coefficient (Wildman–Crippen LogP) is 7.59. The Morgan fingerprint density at radius 1 is 1.08 bits per heavy atom. The highest BCUT2D eigenvalue weighted by atomic mass is 19.4. The van der Waals surface area contributed by atoms with Crippen LogP contribution in [0.15, 0.2) is 60.8 Å². The fourth-order valence-electron chi connectivity index (χ4n) is 5.99. The number of hydrogen-bond donors (Lipinski definition) is 2. The van der Waals surface area contributed by atoms with E-state index in [-0.39, 0.29) is 5.92 Å². The molecule has 5 rings (SSSR count). The minimum absolute atomic E-state index is 0.114. The van der Waals surface area contributed by atoms with Crippen molar-refractivity contribution in [1.29, 1.82) is 0 Å². The van der Waals surface area contributed by atoms with Crippen molar-refractivity contribution in [3.05, 3.63) is 83.0 Å². The SMILES string of the molecule is COc1c(C(C)C)ccc2c1C(C)(C)CC(O)(C(F)(F)F)C2Nc1ccc2c(cnn2-c2ccc(C)cc2)c1. The maximum Gasteiger partial charge on any atom is 0.419 e. The van der Waals surface area contributed by atoms with E-state index in [4.69, 9.17) is 4.74 Å². The second-order valence-electron chi connectivity index (χ2n) is 11.5. The molecule has 0 saturated heterocycles. The number of alkyl halides is 3. The Balaban J connectivity index is 1.63. The number of aliphatic hydroxyl groups is 1. The zero-order chi connectivity index (χ0) is 28.3. The molecule has 1 aromatic heterocycles. The fraction of sp³-hybridized carbons (Fsp3) is 0.387. The maximum atomic E-state index is 14.6. The number of aryl methyl sites for hydroxylation is 1. The molecule has 5 nitrogen and oxygen atoms in total. The molecule has 0 fully saturated rings. The highest BCUT2D eigenvalue weighted by Crippen LogP contribution is 2.57. The zero-order valence-corrected chi connectivity index (χ0v) is 23.0. The van der Waals surface area contributed by atoms with Gasteiger partial charge < -0.3 is 15.2 Å². The summed E-state index contributed by atoms with van der Waals surface area (Å²) in [6.45, 7) is 9.52. The Kier molecular flexibility index (Phi) is 6.45. The molecule has 4 aromatic rings. The van der Waals surface area contributed by atoms with Crippen molar-refractivity contribution in [1.82, 2.24) is 9.78 Å². The van der Waals surface area contributed by atoms with Gasteiger partial charge in [-0.1, -0.05) is 57.5 Å². The molecule has 1 heterocycles. The van der Waals surface area contributed by atoms with Crippen LogP contribution in [-0.2, 0) is 5.41 Å². The first-order valence-corrected chi connectivity index (χ1v) is 13.1. The molecule has 206 valence electrons. The van der Waals surface area contributed by atoms with Gasteiger partial charge in [0.2, 0.25) is 0 Å². The van der Waals surface area contributed by atoms with Gasteiger partial charge in [0.25, 0.3) is 0 Å². The highest BCUT2D eigenvalue weighted by molar-refractivity contribution is 5.84. The average Bonchev–Trinajstić information content (AvgIpc) is 3.28. The van der Waals surface area contributed by atoms with Crippen LogP contribution in [0.4, 0.5) is 18.9 Å². The summed E-state index contributed by atoms with van der Waals surface area (Å²) in [5, 5.41) is 19.7. The van der Waals surface area contributed by atoms with Gasteiger partial charge in [-0.2, -0.15) is 18.3 Å². The number of fused-ring (bicyclic) bond motifs is 2. The van der Waals surface area contributed by atoms with Crippen LogP contribution in [0, 0.1) is 6.92 Å². The molecule has 0 amide bonds. The van der Waals surface area contributed by atoms with E-state index in [1.54, 1.807) is 50.0 Å². The van der Waals surface area contributed by atoms with E-state index in [2.05, 4.69) is 10.4 Å². The third-order valence-electron chi connectivity index (χ3n) is 7.87. The zero-order valence-electron chi connectivity index (χ0n) is 23.0. The van der Waals surface area contributed by atoms with Crippen molar-refractivity contribution in [2.75, 3.05) is 12.4 Å². The third kappa shape index (κ3) is 4.44. The van der Waals surface area contributed by atoms with Crippen LogP contribution in [0.1, 0.15) is 68.3 Å². The first kappa shape index (κ1) is 27.1. The average molecular weight is 538 g/mol. The highest BCUT2D eigenvalue weighted by Gasteiger charge is 2.64. The van der Waals surface area contributed by atoms with Crippen LogP contribution in [0.3, 0.4) is 0 Å². The normalized spacial score (nSPS) is 20.7. The largest absolute Gasteiger partial charge is 0.496 e. The Hall–Kier alpha value is -3.52. The lowest BCUT2D eigenvalue weighted by Gasteiger charge is -2.49. The van der Waals surface area contributed by atoms with Crippen molar-refractivity contribution in [2.24, 2.45) is 0 Å². The molecule has 8 heteroatoms. The standard InChI is InChI=1S/C31H34F3N3O2/c1-18(2)23-12-13-24-26(27(23)39-6)29(4,5)17-30(38,31(32,33)34)28(24)36-21-9-14-25-20(15-21)16-35-37(25)22-10-7-19(3)8-11-22/h7-16,18,28,36,38H,17H2,1-6H3. The maximum absolute atomic E-state index is 14.6. The minimum atomic E-state index is -4.87. The molecule has 0 bridgehead atoms. The molecular formula is C31H34F3N3O2. The molecule has 2 unspecified atom stereocenters. The van der Waals surface area contributed by atoms with Gasteiger partial charge in [-0.15, -0.1) is 0 Å². The van der Waals surface area contributed by atoms with Crippen molar-refractivity contribution >= 4 is 16.6 Å². The summed E-state index contributed by atoms with van der Waals surface area (Å²) in [6.07, 6.45) is -3.70. The van der Waals surface area contributed by atoms with Gasteiger partial charge in [-0.3, -0.25) is 0 Å². The van der Waals surface area contributed by atoms with E-state index in [0.29, 0.717) is 22.6 Å². The van der Waals surface area contributed by atoms with Crippen molar-refractivity contribution in [2.45, 2.75) is 70.2 Å². The molecule has 0 aliphatic heterocycles. The molecule has 1 aliphatic rings. The van der Waals surface area contributed by atoms with E-state index in [9.17, 15) is 18.3 Å². The number of anilines is 1. The lowest BCUT2D eigenvalue weighted by molar-refractivity contribution is -0.275. The number of hydrogen-bond acceptors (Lipinski definition) is 4. The van der Waals surface area contributed by atoms with Gasteiger partial charge in [-0.05, 0) is 66.1 Å². The van der Waals surface area contributed by atoms with E-state index < -0.39 is 29.7 Å². The molecule has 0 saturated carbocycles. The lowest BCUT2D eigenvalue weighted by Crippen LogP contribution is -2.58. The summed E-state index contributed by atoms with van der Waals surface area (Å²) in [4.78, 5) is 0.